The molecule has 15 heteroatoms. The number of carbonyl (C=O) groups is 3. The van der Waals surface area contributed by atoms with Crippen molar-refractivity contribution in [2.24, 2.45) is 5.18 Å². The van der Waals surface area contributed by atoms with Crippen LogP contribution in [-0.4, -0.2) is 55.1 Å². The number of allylic oxidation sites excluding steroid dienone is 2. The Morgan fingerprint density at radius 1 is 1.44 bits per heavy atom. The van der Waals surface area contributed by atoms with E-state index in [2.05, 4.69) is 25.7 Å². The molecule has 0 saturated carbocycles. The Hall–Kier alpha value is -3.23. The normalized spacial score (nSPS) is 21.3. The molecule has 0 radical (unpaired) electrons. The van der Waals surface area contributed by atoms with Crippen molar-refractivity contribution >= 4 is 63.3 Å². The number of amides is 2. The van der Waals surface area contributed by atoms with E-state index in [-0.39, 0.29) is 20.9 Å². The molecule has 3 unspecified atom stereocenters. The Labute approximate surface area is 192 Å². The summed E-state index contributed by atoms with van der Waals surface area (Å²) in [6.07, 6.45) is 4.00. The monoisotopic (exact) mass is 495 g/mol. The maximum atomic E-state index is 12.7. The van der Waals surface area contributed by atoms with Crippen molar-refractivity contribution in [2.75, 3.05) is 5.73 Å². The van der Waals surface area contributed by atoms with Crippen LogP contribution in [0.5, 0.6) is 0 Å². The van der Waals surface area contributed by atoms with Crippen molar-refractivity contribution in [1.29, 1.82) is 0 Å². The number of rotatable bonds is 7. The fourth-order valence-corrected chi connectivity index (χ4v) is 5.05. The highest BCUT2D eigenvalue weighted by atomic mass is 35.5. The van der Waals surface area contributed by atoms with Crippen molar-refractivity contribution in [1.82, 2.24) is 25.4 Å². The fourth-order valence-electron chi connectivity index (χ4n) is 3.63. The van der Waals surface area contributed by atoms with Gasteiger partial charge in [0.15, 0.2) is 5.13 Å². The number of aliphatic carboxylic acids is 1. The molecule has 2 aromatic heterocycles. The number of carboxylic acid groups (broad SMARTS) is 1. The van der Waals surface area contributed by atoms with Gasteiger partial charge in [0.2, 0.25) is 6.04 Å². The standard InChI is InChI=1S/C17H14ClN7O5S2/c18-13-10(22-17(19)32-13)11(24-30)14(26)21-9-7-3-1-6(2-4-8-23-20-5-31-8)12(16(28)29)25(7)15(9)27/h2,4-5,7,9,11H,1,3H2,(H2,19,22)(H,21,26)(H,28,29). The van der Waals surface area contributed by atoms with E-state index in [0.29, 0.717) is 23.4 Å². The maximum absolute atomic E-state index is 12.7. The molecule has 0 aromatic carbocycles. The van der Waals surface area contributed by atoms with Gasteiger partial charge in [0.1, 0.15) is 32.3 Å². The first-order valence-electron chi connectivity index (χ1n) is 9.10. The van der Waals surface area contributed by atoms with Crippen LogP contribution in [0.15, 0.2) is 28.0 Å². The van der Waals surface area contributed by atoms with Crippen molar-refractivity contribution in [3.63, 3.8) is 0 Å². The summed E-state index contributed by atoms with van der Waals surface area (Å²) in [5, 5.41) is 23.2. The topological polar surface area (TPSA) is 181 Å². The van der Waals surface area contributed by atoms with Crippen molar-refractivity contribution in [3.8, 4) is 0 Å². The summed E-state index contributed by atoms with van der Waals surface area (Å²) in [4.78, 5) is 53.5. The first kappa shape index (κ1) is 22.0. The first-order chi connectivity index (χ1) is 15.3. The van der Waals surface area contributed by atoms with E-state index in [1.165, 1.54) is 11.3 Å². The predicted molar refractivity (Wildman–Crippen MR) is 115 cm³/mol. The summed E-state index contributed by atoms with van der Waals surface area (Å²) < 4.78 is 0.0458. The van der Waals surface area contributed by atoms with Gasteiger partial charge in [-0.3, -0.25) is 14.5 Å². The van der Waals surface area contributed by atoms with Gasteiger partial charge in [-0.25, -0.2) is 9.78 Å². The van der Waals surface area contributed by atoms with Gasteiger partial charge < -0.3 is 16.2 Å². The minimum Gasteiger partial charge on any atom is -0.477 e. The second kappa shape index (κ2) is 8.72. The van der Waals surface area contributed by atoms with Gasteiger partial charge in [-0.1, -0.05) is 29.0 Å². The van der Waals surface area contributed by atoms with Gasteiger partial charge in [-0.2, -0.15) is 0 Å². The molecule has 2 aliphatic rings. The number of nitrogens with one attached hydrogen (secondary N) is 1. The third-order valence-electron chi connectivity index (χ3n) is 5.02. The number of hydrogen-bond donors (Lipinski definition) is 3. The molecule has 0 spiro atoms. The van der Waals surface area contributed by atoms with Crippen LogP contribution >= 0.6 is 34.3 Å². The summed E-state index contributed by atoms with van der Waals surface area (Å²) in [5.41, 5.74) is 7.30. The summed E-state index contributed by atoms with van der Waals surface area (Å²) >= 11 is 8.13. The zero-order valence-electron chi connectivity index (χ0n) is 16.0. The number of thiazole rings is 1. The van der Waals surface area contributed by atoms with E-state index < -0.39 is 35.9 Å². The molecule has 3 atom stereocenters. The van der Waals surface area contributed by atoms with E-state index in [9.17, 15) is 24.4 Å². The van der Waals surface area contributed by atoms with Crippen LogP contribution in [0.25, 0.3) is 6.08 Å². The number of aromatic nitrogens is 3. The summed E-state index contributed by atoms with van der Waals surface area (Å²) in [6.45, 7) is 0. The summed E-state index contributed by atoms with van der Waals surface area (Å²) in [6, 6.07) is -3.15. The summed E-state index contributed by atoms with van der Waals surface area (Å²) in [7, 11) is 0. The minimum absolute atomic E-state index is 0.0458. The number of β-lactam (4-membered cyclic amide) rings is 1. The highest BCUT2D eigenvalue weighted by Gasteiger charge is 2.53. The largest absolute Gasteiger partial charge is 0.477 e. The van der Waals surface area contributed by atoms with Crippen LogP contribution in [-0.2, 0) is 14.4 Å². The smallest absolute Gasteiger partial charge is 0.352 e. The van der Waals surface area contributed by atoms with Crippen molar-refractivity contribution in [3.05, 3.63) is 42.8 Å². The average molecular weight is 496 g/mol. The Balaban J connectivity index is 1.52. The molecule has 1 fully saturated rings. The molecule has 1 saturated heterocycles. The number of hydrogen-bond acceptors (Lipinski definition) is 11. The number of fused-ring (bicyclic) bond motifs is 1. The van der Waals surface area contributed by atoms with Crippen molar-refractivity contribution in [2.45, 2.75) is 31.0 Å². The molecular formula is C17H14ClN7O5S2. The number of nitrogens with two attached hydrogens (primary N) is 1. The van der Waals surface area contributed by atoms with E-state index >= 15 is 0 Å². The van der Waals surface area contributed by atoms with Crippen LogP contribution in [0.2, 0.25) is 4.34 Å². The molecule has 0 aliphatic carbocycles. The van der Waals surface area contributed by atoms with E-state index in [0.717, 1.165) is 16.2 Å². The second-order valence-corrected chi connectivity index (χ2v) is 9.31. The molecule has 2 amide bonds. The van der Waals surface area contributed by atoms with E-state index in [4.69, 9.17) is 17.3 Å². The van der Waals surface area contributed by atoms with E-state index in [1.54, 1.807) is 17.7 Å². The third-order valence-corrected chi connectivity index (χ3v) is 6.79. The lowest BCUT2D eigenvalue weighted by molar-refractivity contribution is -0.156. The van der Waals surface area contributed by atoms with Gasteiger partial charge >= 0.3 is 5.97 Å². The Morgan fingerprint density at radius 2 is 2.22 bits per heavy atom. The number of carbonyl (C=O) groups excluding carboxylic acids is 2. The average Bonchev–Trinajstić information content (AvgIpc) is 3.39. The number of anilines is 1. The molecule has 12 nitrogen and oxygen atoms in total. The molecular weight excluding hydrogens is 482 g/mol. The van der Waals surface area contributed by atoms with Crippen LogP contribution in [0.1, 0.15) is 29.6 Å². The van der Waals surface area contributed by atoms with E-state index in [1.807, 2.05) is 0 Å². The fraction of sp³-hybridized carbons (Fsp3) is 0.294. The van der Waals surface area contributed by atoms with Gasteiger partial charge in [-0.15, -0.1) is 26.4 Å². The Morgan fingerprint density at radius 3 is 2.81 bits per heavy atom. The molecule has 166 valence electrons. The molecule has 2 aliphatic heterocycles. The summed E-state index contributed by atoms with van der Waals surface area (Å²) in [5.74, 6) is -2.73. The molecule has 4 heterocycles. The molecule has 2 aromatic rings. The molecule has 4 N–H and O–H groups in total. The van der Waals surface area contributed by atoms with Gasteiger partial charge in [0.05, 0.1) is 6.04 Å². The molecule has 32 heavy (non-hydrogen) atoms. The van der Waals surface area contributed by atoms with Crippen LogP contribution in [0.3, 0.4) is 0 Å². The zero-order valence-corrected chi connectivity index (χ0v) is 18.4. The minimum atomic E-state index is -1.58. The highest BCUT2D eigenvalue weighted by molar-refractivity contribution is 7.19. The Bertz CT molecular complexity index is 1160. The highest BCUT2D eigenvalue weighted by Crippen LogP contribution is 2.38. The number of nitroso groups, excluding NO2 is 1. The quantitative estimate of drug-likeness (QED) is 0.379. The van der Waals surface area contributed by atoms with Crippen LogP contribution in [0.4, 0.5) is 5.13 Å². The lowest BCUT2D eigenvalue weighted by atomic mass is 9.83. The third kappa shape index (κ3) is 3.87. The van der Waals surface area contributed by atoms with Gasteiger partial charge in [0, 0.05) is 0 Å². The van der Waals surface area contributed by atoms with Gasteiger partial charge in [0.25, 0.3) is 11.8 Å². The molecule has 0 bridgehead atoms. The lowest BCUT2D eigenvalue weighted by Gasteiger charge is -2.50. The van der Waals surface area contributed by atoms with Crippen molar-refractivity contribution < 1.29 is 19.5 Å². The number of nitrogens with zero attached hydrogens (tertiary/aromatic N) is 5. The second-order valence-electron chi connectivity index (χ2n) is 6.81. The van der Waals surface area contributed by atoms with Gasteiger partial charge in [-0.05, 0) is 29.7 Å². The zero-order chi connectivity index (χ0) is 23.0. The predicted octanol–water partition coefficient (Wildman–Crippen LogP) is 1.58. The van der Waals surface area contributed by atoms with Crippen LogP contribution in [0, 0.1) is 4.91 Å². The molecule has 4 rings (SSSR count). The lowest BCUT2D eigenvalue weighted by Crippen LogP contribution is -2.71. The van der Waals surface area contributed by atoms with Crippen LogP contribution < -0.4 is 11.1 Å². The maximum Gasteiger partial charge on any atom is 0.352 e. The number of nitrogen functional groups attached to an aromatic ring is 1. The number of carboxylic acids is 1. The Kier molecular flexibility index (Phi) is 5.99. The SMILES string of the molecule is Nc1nc(C(N=O)C(=O)NC2C(=O)N3C(C(=O)O)=C(C=Cc4nncs4)CCC23)c(Cl)s1. The first-order valence-corrected chi connectivity index (χ1v) is 11.2. The number of halogens is 1.